The second-order valence-electron chi connectivity index (χ2n) is 5.08. The van der Waals surface area contributed by atoms with Crippen molar-refractivity contribution in [2.75, 3.05) is 0 Å². The Morgan fingerprint density at radius 1 is 1.28 bits per heavy atom. The number of pyridine rings is 1. The summed E-state index contributed by atoms with van der Waals surface area (Å²) in [6, 6.07) is 7.23. The average Bonchev–Trinajstić information content (AvgIpc) is 2.74. The Labute approximate surface area is 106 Å². The molecule has 0 spiro atoms. The lowest BCUT2D eigenvalue weighted by atomic mass is 10.1. The van der Waals surface area contributed by atoms with Gasteiger partial charge >= 0.3 is 0 Å². The molecule has 94 valence electrons. The van der Waals surface area contributed by atoms with E-state index in [0.29, 0.717) is 11.4 Å². The molecule has 5 heteroatoms. The van der Waals surface area contributed by atoms with Gasteiger partial charge in [-0.05, 0) is 39.0 Å². The average molecular weight is 244 g/mol. The van der Waals surface area contributed by atoms with E-state index in [1.807, 2.05) is 39.0 Å². The van der Waals surface area contributed by atoms with Crippen LogP contribution in [0.15, 0.2) is 30.5 Å². The maximum Gasteiger partial charge on any atom is 0.267 e. The van der Waals surface area contributed by atoms with E-state index < -0.39 is 5.91 Å². The van der Waals surface area contributed by atoms with Crippen LogP contribution in [0.5, 0.6) is 0 Å². The van der Waals surface area contributed by atoms with Crippen molar-refractivity contribution in [1.82, 2.24) is 14.8 Å². The largest absolute Gasteiger partial charge is 0.364 e. The molecule has 0 bridgehead atoms. The fourth-order valence-corrected chi connectivity index (χ4v) is 1.71. The summed E-state index contributed by atoms with van der Waals surface area (Å²) in [6.45, 7) is 5.90. The molecule has 2 heterocycles. The highest BCUT2D eigenvalue weighted by molar-refractivity contribution is 5.92. The number of amides is 1. The number of nitrogens with two attached hydrogens (primary N) is 1. The lowest BCUT2D eigenvalue weighted by Gasteiger charge is -2.21. The molecule has 0 aliphatic carbocycles. The summed E-state index contributed by atoms with van der Waals surface area (Å²) in [7, 11) is 0. The number of carbonyl (C=O) groups excluding carboxylic acids is 1. The molecule has 2 aromatic rings. The molecule has 0 atom stereocenters. The summed E-state index contributed by atoms with van der Waals surface area (Å²) in [5.74, 6) is -0.486. The first kappa shape index (κ1) is 12.3. The van der Waals surface area contributed by atoms with Gasteiger partial charge in [0.25, 0.3) is 5.91 Å². The van der Waals surface area contributed by atoms with Gasteiger partial charge in [0.1, 0.15) is 11.4 Å². The molecule has 1 amide bonds. The number of hydrogen-bond acceptors (Lipinski definition) is 3. The maximum atomic E-state index is 11.5. The molecule has 2 rings (SSSR count). The van der Waals surface area contributed by atoms with Crippen molar-refractivity contribution in [1.29, 1.82) is 0 Å². The first-order chi connectivity index (χ1) is 8.39. The first-order valence-electron chi connectivity index (χ1n) is 5.71. The second-order valence-corrected chi connectivity index (χ2v) is 5.08. The first-order valence-corrected chi connectivity index (χ1v) is 5.71. The summed E-state index contributed by atoms with van der Waals surface area (Å²) in [6.07, 6.45) is 1.69. The zero-order chi connectivity index (χ0) is 13.3. The minimum absolute atomic E-state index is 0.308. The molecule has 0 aromatic carbocycles. The molecule has 2 N–H and O–H groups in total. The normalized spacial score (nSPS) is 11.5. The van der Waals surface area contributed by atoms with E-state index in [9.17, 15) is 4.79 Å². The Hall–Kier alpha value is -2.17. The number of primary amides is 1. The highest BCUT2D eigenvalue weighted by Crippen LogP contribution is 2.22. The van der Waals surface area contributed by atoms with Crippen LogP contribution in [0.4, 0.5) is 0 Å². The van der Waals surface area contributed by atoms with Crippen molar-refractivity contribution in [3.63, 3.8) is 0 Å². The summed E-state index contributed by atoms with van der Waals surface area (Å²) in [4.78, 5) is 15.7. The van der Waals surface area contributed by atoms with Gasteiger partial charge in [-0.2, -0.15) is 5.10 Å². The van der Waals surface area contributed by atoms with Crippen LogP contribution in [0, 0.1) is 0 Å². The monoisotopic (exact) mass is 244 g/mol. The molecule has 18 heavy (non-hydrogen) atoms. The Kier molecular flexibility index (Phi) is 2.90. The van der Waals surface area contributed by atoms with Gasteiger partial charge in [-0.3, -0.25) is 14.5 Å². The van der Waals surface area contributed by atoms with Crippen LogP contribution in [0.2, 0.25) is 0 Å². The molecule has 0 fully saturated rings. The smallest absolute Gasteiger partial charge is 0.267 e. The molecule has 0 saturated heterocycles. The molecular weight excluding hydrogens is 228 g/mol. The van der Waals surface area contributed by atoms with Gasteiger partial charge in [-0.1, -0.05) is 6.07 Å². The lowest BCUT2D eigenvalue weighted by molar-refractivity contribution is 0.0982. The highest BCUT2D eigenvalue weighted by Gasteiger charge is 2.23. The van der Waals surface area contributed by atoms with Gasteiger partial charge in [-0.15, -0.1) is 0 Å². The van der Waals surface area contributed by atoms with Crippen LogP contribution in [0.3, 0.4) is 0 Å². The van der Waals surface area contributed by atoms with E-state index in [4.69, 9.17) is 5.73 Å². The Morgan fingerprint density at radius 3 is 2.44 bits per heavy atom. The minimum Gasteiger partial charge on any atom is -0.364 e. The SMILES string of the molecule is CC(C)(C)n1nc(-c2ccccn2)cc1C(N)=O. The predicted octanol–water partition coefficient (Wildman–Crippen LogP) is 1.80. The van der Waals surface area contributed by atoms with Gasteiger partial charge in [-0.25, -0.2) is 0 Å². The van der Waals surface area contributed by atoms with Gasteiger partial charge < -0.3 is 5.73 Å². The van der Waals surface area contributed by atoms with Crippen LogP contribution in [0.25, 0.3) is 11.4 Å². The van der Waals surface area contributed by atoms with Crippen molar-refractivity contribution in [2.45, 2.75) is 26.3 Å². The van der Waals surface area contributed by atoms with Crippen LogP contribution in [0.1, 0.15) is 31.3 Å². The van der Waals surface area contributed by atoms with Crippen molar-refractivity contribution in [3.8, 4) is 11.4 Å². The van der Waals surface area contributed by atoms with Gasteiger partial charge in [0, 0.05) is 6.20 Å². The second kappa shape index (κ2) is 4.25. The molecule has 0 aliphatic rings. The Morgan fingerprint density at radius 2 is 2.00 bits per heavy atom. The molecule has 5 nitrogen and oxygen atoms in total. The summed E-state index contributed by atoms with van der Waals surface area (Å²) < 4.78 is 1.64. The molecule has 0 aliphatic heterocycles. The summed E-state index contributed by atoms with van der Waals surface area (Å²) in [5, 5.41) is 4.43. The fraction of sp³-hybridized carbons (Fsp3) is 0.308. The van der Waals surface area contributed by atoms with Gasteiger partial charge in [0.2, 0.25) is 0 Å². The van der Waals surface area contributed by atoms with E-state index in [1.54, 1.807) is 16.9 Å². The number of rotatable bonds is 2. The van der Waals surface area contributed by atoms with Crippen LogP contribution >= 0.6 is 0 Å². The summed E-state index contributed by atoms with van der Waals surface area (Å²) >= 11 is 0. The highest BCUT2D eigenvalue weighted by atomic mass is 16.1. The molecule has 0 saturated carbocycles. The number of hydrogen-bond donors (Lipinski definition) is 1. The zero-order valence-corrected chi connectivity index (χ0v) is 10.7. The lowest BCUT2D eigenvalue weighted by Crippen LogP contribution is -2.29. The van der Waals surface area contributed by atoms with Crippen LogP contribution in [-0.2, 0) is 5.54 Å². The van der Waals surface area contributed by atoms with E-state index in [1.165, 1.54) is 0 Å². The minimum atomic E-state index is -0.486. The standard InChI is InChI=1S/C13H16N4O/c1-13(2,3)17-11(12(14)18)8-10(16-17)9-6-4-5-7-15-9/h4-8H,1-3H3,(H2,14,18). The molecule has 0 radical (unpaired) electrons. The van der Waals surface area contributed by atoms with Crippen LogP contribution < -0.4 is 5.73 Å². The third-order valence-corrected chi connectivity index (χ3v) is 2.52. The van der Waals surface area contributed by atoms with Crippen molar-refractivity contribution < 1.29 is 4.79 Å². The molecule has 0 unspecified atom stereocenters. The molecule has 2 aromatic heterocycles. The summed E-state index contributed by atoms with van der Waals surface area (Å²) in [5.41, 5.74) is 6.84. The van der Waals surface area contributed by atoms with Gasteiger partial charge in [0.05, 0.1) is 11.2 Å². The van der Waals surface area contributed by atoms with E-state index >= 15 is 0 Å². The fourth-order valence-electron chi connectivity index (χ4n) is 1.71. The zero-order valence-electron chi connectivity index (χ0n) is 10.7. The topological polar surface area (TPSA) is 73.8 Å². The van der Waals surface area contributed by atoms with E-state index in [-0.39, 0.29) is 5.54 Å². The quantitative estimate of drug-likeness (QED) is 0.875. The Bertz CT molecular complexity index is 566. The van der Waals surface area contributed by atoms with Crippen molar-refractivity contribution in [3.05, 3.63) is 36.2 Å². The van der Waals surface area contributed by atoms with Crippen LogP contribution in [-0.4, -0.2) is 20.7 Å². The maximum absolute atomic E-state index is 11.5. The van der Waals surface area contributed by atoms with E-state index in [2.05, 4.69) is 10.1 Å². The van der Waals surface area contributed by atoms with Gasteiger partial charge in [0.15, 0.2) is 0 Å². The third-order valence-electron chi connectivity index (χ3n) is 2.52. The number of aromatic nitrogens is 3. The van der Waals surface area contributed by atoms with E-state index in [0.717, 1.165) is 5.69 Å². The number of nitrogens with zero attached hydrogens (tertiary/aromatic N) is 3. The molecular formula is C13H16N4O. The number of carbonyl (C=O) groups is 1. The Balaban J connectivity index is 2.57. The van der Waals surface area contributed by atoms with Crippen molar-refractivity contribution in [2.24, 2.45) is 5.73 Å². The third kappa shape index (κ3) is 2.25. The predicted molar refractivity (Wildman–Crippen MR) is 69.0 cm³/mol. The van der Waals surface area contributed by atoms with Crippen molar-refractivity contribution >= 4 is 5.91 Å².